The minimum atomic E-state index is -1.32. The number of halogens is 2. The maximum absolute atomic E-state index is 14.8. The number of hydrogen-bond donors (Lipinski definition) is 1. The normalized spacial score (nSPS) is 24.2. The van der Waals surface area contributed by atoms with Crippen LogP contribution in [0.15, 0.2) is 42.7 Å². The highest BCUT2D eigenvalue weighted by molar-refractivity contribution is 6.30. The first-order valence-corrected chi connectivity index (χ1v) is 7.39. The van der Waals surface area contributed by atoms with E-state index in [4.69, 9.17) is 11.6 Å². The first-order valence-electron chi connectivity index (χ1n) is 7.01. The summed E-state index contributed by atoms with van der Waals surface area (Å²) in [5.41, 5.74) is 0.00153. The third-order valence-electron chi connectivity index (χ3n) is 4.00. The van der Waals surface area contributed by atoms with E-state index in [2.05, 4.69) is 20.6 Å². The summed E-state index contributed by atoms with van der Waals surface area (Å²) in [5.74, 6) is 0.686. The average molecular weight is 318 g/mol. The van der Waals surface area contributed by atoms with Crippen molar-refractivity contribution in [1.82, 2.24) is 19.8 Å². The van der Waals surface area contributed by atoms with Crippen molar-refractivity contribution < 1.29 is 4.39 Å². The number of benzene rings is 1. The highest BCUT2D eigenvalue weighted by Crippen LogP contribution is 2.46. The van der Waals surface area contributed by atoms with E-state index in [0.29, 0.717) is 34.9 Å². The fraction of sp³-hybridized carbons (Fsp3) is 0.267. The molecule has 0 aliphatic heterocycles. The highest BCUT2D eigenvalue weighted by Gasteiger charge is 2.46. The smallest absolute Gasteiger partial charge is 0.177 e. The van der Waals surface area contributed by atoms with Crippen molar-refractivity contribution in [3.05, 3.63) is 53.3 Å². The molecule has 0 atom stereocenters. The van der Waals surface area contributed by atoms with Crippen LogP contribution < -0.4 is 5.32 Å². The quantitative estimate of drug-likeness (QED) is 0.806. The van der Waals surface area contributed by atoms with Crippen LogP contribution in [0, 0.1) is 0 Å². The number of rotatable bonds is 3. The molecule has 1 N–H and O–H groups in total. The average Bonchev–Trinajstić information content (AvgIpc) is 2.93. The predicted molar refractivity (Wildman–Crippen MR) is 81.7 cm³/mol. The predicted octanol–water partition coefficient (Wildman–Crippen LogP) is 3.22. The zero-order chi connectivity index (χ0) is 15.2. The molecule has 22 heavy (non-hydrogen) atoms. The van der Waals surface area contributed by atoms with E-state index in [1.54, 1.807) is 28.8 Å². The Kier molecular flexibility index (Phi) is 3.00. The lowest BCUT2D eigenvalue weighted by molar-refractivity contribution is 0.0479. The van der Waals surface area contributed by atoms with Crippen molar-refractivity contribution in [1.29, 1.82) is 0 Å². The Morgan fingerprint density at radius 1 is 1.27 bits per heavy atom. The lowest BCUT2D eigenvalue weighted by atomic mass is 9.73. The molecule has 112 valence electrons. The van der Waals surface area contributed by atoms with Crippen LogP contribution in [-0.4, -0.2) is 25.9 Å². The maximum atomic E-state index is 14.8. The van der Waals surface area contributed by atoms with E-state index in [1.165, 1.54) is 6.33 Å². The van der Waals surface area contributed by atoms with Crippen molar-refractivity contribution in [2.45, 2.75) is 24.6 Å². The molecule has 0 saturated heterocycles. The summed E-state index contributed by atoms with van der Waals surface area (Å²) in [6.07, 6.45) is 2.33. The summed E-state index contributed by atoms with van der Waals surface area (Å²) in [6.45, 7) is 0. The third kappa shape index (κ3) is 2.29. The zero-order valence-electron chi connectivity index (χ0n) is 11.6. The first kappa shape index (κ1) is 13.5. The second-order valence-electron chi connectivity index (χ2n) is 5.58. The molecule has 4 rings (SSSR count). The lowest BCUT2D eigenvalue weighted by Crippen LogP contribution is -2.45. The minimum absolute atomic E-state index is 0.0467. The molecular weight excluding hydrogens is 305 g/mol. The summed E-state index contributed by atoms with van der Waals surface area (Å²) in [6, 6.07) is 10.7. The van der Waals surface area contributed by atoms with Gasteiger partial charge in [-0.05, 0) is 29.8 Å². The fourth-order valence-corrected chi connectivity index (χ4v) is 3.03. The van der Waals surface area contributed by atoms with Gasteiger partial charge in [0.15, 0.2) is 5.65 Å². The van der Waals surface area contributed by atoms with Crippen LogP contribution in [0.5, 0.6) is 0 Å². The van der Waals surface area contributed by atoms with Gasteiger partial charge in [-0.3, -0.25) is 0 Å². The van der Waals surface area contributed by atoms with E-state index < -0.39 is 5.67 Å². The second kappa shape index (κ2) is 4.91. The van der Waals surface area contributed by atoms with E-state index in [1.807, 2.05) is 12.1 Å². The highest BCUT2D eigenvalue weighted by atomic mass is 35.5. The van der Waals surface area contributed by atoms with Crippen molar-refractivity contribution in [3.63, 3.8) is 0 Å². The zero-order valence-corrected chi connectivity index (χ0v) is 12.3. The molecule has 7 heteroatoms. The maximum Gasteiger partial charge on any atom is 0.177 e. The molecule has 0 bridgehead atoms. The van der Waals surface area contributed by atoms with Crippen LogP contribution in [0.2, 0.25) is 5.02 Å². The van der Waals surface area contributed by atoms with Gasteiger partial charge in [-0.25, -0.2) is 4.39 Å². The Hall–Kier alpha value is -2.21. The SMILES string of the molecule is FC1(c2cccc(Cl)c2)CC(Nc2ccc3nncn3n2)C1. The lowest BCUT2D eigenvalue weighted by Gasteiger charge is -2.42. The van der Waals surface area contributed by atoms with Gasteiger partial charge in [-0.2, -0.15) is 4.52 Å². The number of fused-ring (bicyclic) bond motifs is 1. The summed E-state index contributed by atoms with van der Waals surface area (Å²) < 4.78 is 16.4. The first-order chi connectivity index (χ1) is 10.6. The van der Waals surface area contributed by atoms with Gasteiger partial charge in [0.1, 0.15) is 17.8 Å². The van der Waals surface area contributed by atoms with E-state index in [-0.39, 0.29) is 6.04 Å². The van der Waals surface area contributed by atoms with Gasteiger partial charge < -0.3 is 5.32 Å². The molecule has 1 aliphatic carbocycles. The monoisotopic (exact) mass is 317 g/mol. The van der Waals surface area contributed by atoms with Crippen molar-refractivity contribution in [2.75, 3.05) is 5.32 Å². The molecule has 0 radical (unpaired) electrons. The molecule has 2 aromatic heterocycles. The van der Waals surface area contributed by atoms with Crippen LogP contribution in [0.25, 0.3) is 5.65 Å². The van der Waals surface area contributed by atoms with Gasteiger partial charge in [0.05, 0.1) is 0 Å². The van der Waals surface area contributed by atoms with Gasteiger partial charge in [-0.1, -0.05) is 23.7 Å². The number of nitrogens with zero attached hydrogens (tertiary/aromatic N) is 4. The number of anilines is 1. The largest absolute Gasteiger partial charge is 0.366 e. The summed E-state index contributed by atoms with van der Waals surface area (Å²) in [4.78, 5) is 0. The number of nitrogens with one attached hydrogen (secondary N) is 1. The third-order valence-corrected chi connectivity index (χ3v) is 4.23. The van der Waals surface area contributed by atoms with E-state index in [9.17, 15) is 4.39 Å². The Balaban J connectivity index is 1.46. The van der Waals surface area contributed by atoms with Crippen LogP contribution in [0.1, 0.15) is 18.4 Å². The van der Waals surface area contributed by atoms with E-state index in [0.717, 1.165) is 0 Å². The van der Waals surface area contributed by atoms with Crippen LogP contribution >= 0.6 is 11.6 Å². The van der Waals surface area contributed by atoms with Crippen molar-refractivity contribution >= 4 is 23.1 Å². The second-order valence-corrected chi connectivity index (χ2v) is 6.01. The molecular formula is C15H13ClFN5. The van der Waals surface area contributed by atoms with Gasteiger partial charge in [0.25, 0.3) is 0 Å². The topological polar surface area (TPSA) is 55.1 Å². The molecule has 1 aromatic carbocycles. The fourth-order valence-electron chi connectivity index (χ4n) is 2.84. The van der Waals surface area contributed by atoms with Gasteiger partial charge in [0, 0.05) is 23.9 Å². The molecule has 0 amide bonds. The Labute approximate surface area is 131 Å². The minimum Gasteiger partial charge on any atom is -0.366 e. The van der Waals surface area contributed by atoms with Crippen LogP contribution in [0.3, 0.4) is 0 Å². The summed E-state index contributed by atoms with van der Waals surface area (Å²) >= 11 is 5.94. The Morgan fingerprint density at radius 3 is 2.95 bits per heavy atom. The van der Waals surface area contributed by atoms with Gasteiger partial charge >= 0.3 is 0 Å². The molecule has 2 heterocycles. The van der Waals surface area contributed by atoms with Crippen molar-refractivity contribution in [3.8, 4) is 0 Å². The molecule has 1 saturated carbocycles. The molecule has 5 nitrogen and oxygen atoms in total. The van der Waals surface area contributed by atoms with Crippen molar-refractivity contribution in [2.24, 2.45) is 0 Å². The molecule has 0 spiro atoms. The molecule has 0 unspecified atom stereocenters. The van der Waals surface area contributed by atoms with E-state index >= 15 is 0 Å². The Morgan fingerprint density at radius 2 is 2.14 bits per heavy atom. The van der Waals surface area contributed by atoms with Gasteiger partial charge in [0.2, 0.25) is 0 Å². The summed E-state index contributed by atoms with van der Waals surface area (Å²) in [7, 11) is 0. The van der Waals surface area contributed by atoms with Crippen LogP contribution in [0.4, 0.5) is 10.2 Å². The number of alkyl halides is 1. The Bertz CT molecular complexity index is 827. The number of aromatic nitrogens is 4. The standard InChI is InChI=1S/C15H13ClFN5/c16-11-3-1-2-10(6-11)15(17)7-12(8-15)19-13-4-5-14-20-18-9-22(14)21-13/h1-6,9,12H,7-8H2,(H,19,21). The molecule has 1 aliphatic rings. The number of hydrogen-bond acceptors (Lipinski definition) is 4. The van der Waals surface area contributed by atoms with Crippen LogP contribution in [-0.2, 0) is 5.67 Å². The molecule has 1 fully saturated rings. The summed E-state index contributed by atoms with van der Waals surface area (Å²) in [5, 5.41) is 15.8. The van der Waals surface area contributed by atoms with Gasteiger partial charge in [-0.15, -0.1) is 15.3 Å². The molecule has 3 aromatic rings.